The van der Waals surface area contributed by atoms with Crippen LogP contribution in [0.15, 0.2) is 48.5 Å². The van der Waals surface area contributed by atoms with E-state index in [-0.39, 0.29) is 29.6 Å². The van der Waals surface area contributed by atoms with E-state index in [1.54, 1.807) is 13.8 Å². The number of nitrogens with zero attached hydrogens (tertiary/aromatic N) is 1. The van der Waals surface area contributed by atoms with Crippen molar-refractivity contribution in [1.82, 2.24) is 9.69 Å². The normalized spacial score (nSPS) is 13.9. The number of carboxylic acids is 1. The summed E-state index contributed by atoms with van der Waals surface area (Å²) in [4.78, 5) is 37.0. The minimum Gasteiger partial charge on any atom is -0.478 e. The lowest BCUT2D eigenvalue weighted by atomic mass is 9.86. The van der Waals surface area contributed by atoms with E-state index in [0.29, 0.717) is 12.1 Å². The first kappa shape index (κ1) is 24.4. The van der Waals surface area contributed by atoms with Gasteiger partial charge in [-0.15, -0.1) is 0 Å². The Hall–Kier alpha value is -3.72. The quantitative estimate of drug-likeness (QED) is 0.405. The van der Waals surface area contributed by atoms with E-state index < -0.39 is 23.4 Å². The first-order valence-corrected chi connectivity index (χ1v) is 12.1. The summed E-state index contributed by atoms with van der Waals surface area (Å²) in [5.74, 6) is -1.61. The Balaban J connectivity index is 1.38. The second-order valence-corrected chi connectivity index (χ2v) is 9.60. The van der Waals surface area contributed by atoms with Crippen molar-refractivity contribution in [1.29, 1.82) is 0 Å². The topological polar surface area (TPSA) is 118 Å². The average Bonchev–Trinajstić information content (AvgIpc) is 3.38. The molecule has 35 heavy (non-hydrogen) atoms. The van der Waals surface area contributed by atoms with E-state index in [1.807, 2.05) is 43.3 Å². The molecule has 4 rings (SSSR count). The summed E-state index contributed by atoms with van der Waals surface area (Å²) in [5.41, 5.74) is 3.87. The summed E-state index contributed by atoms with van der Waals surface area (Å²) in [6.45, 7) is 5.33. The molecule has 0 spiro atoms. The fraction of sp³-hybridized carbons (Fsp3) is 0.308. The molecule has 1 aliphatic carbocycles. The molecule has 1 atom stereocenters. The number of aromatic nitrogens is 1. The number of hydrogen-bond donors (Lipinski definition) is 3. The minimum atomic E-state index is -1.15. The number of carbonyl (C=O) groups is 3. The van der Waals surface area contributed by atoms with Crippen LogP contribution in [-0.2, 0) is 9.53 Å². The van der Waals surface area contributed by atoms with Gasteiger partial charge in [0.2, 0.25) is 5.91 Å². The average molecular weight is 494 g/mol. The van der Waals surface area contributed by atoms with Gasteiger partial charge in [-0.25, -0.2) is 9.59 Å². The zero-order valence-corrected chi connectivity index (χ0v) is 20.6. The van der Waals surface area contributed by atoms with Crippen LogP contribution in [0.1, 0.15) is 53.4 Å². The lowest BCUT2D eigenvalue weighted by Gasteiger charge is -2.27. The molecule has 2 amide bonds. The molecule has 0 bridgehead atoms. The summed E-state index contributed by atoms with van der Waals surface area (Å²) < 4.78 is 9.59. The lowest BCUT2D eigenvalue weighted by Crippen LogP contribution is -2.43. The van der Waals surface area contributed by atoms with Gasteiger partial charge in [0, 0.05) is 12.5 Å². The van der Waals surface area contributed by atoms with Crippen LogP contribution in [0.3, 0.4) is 0 Å². The maximum atomic E-state index is 13.0. The molecular weight excluding hydrogens is 466 g/mol. The smallest absolute Gasteiger partial charge is 0.407 e. The number of rotatable bonds is 8. The second kappa shape index (κ2) is 9.87. The Morgan fingerprint density at radius 3 is 2.26 bits per heavy atom. The van der Waals surface area contributed by atoms with E-state index in [2.05, 4.69) is 27.1 Å². The summed E-state index contributed by atoms with van der Waals surface area (Å²) in [7, 11) is 0. The summed E-state index contributed by atoms with van der Waals surface area (Å²) in [5, 5.41) is 15.0. The maximum absolute atomic E-state index is 13.0. The minimum absolute atomic E-state index is 0.0219. The van der Waals surface area contributed by atoms with E-state index in [9.17, 15) is 19.5 Å². The SMILES string of the molecule is CCC(C)(CNC(=O)OCC1c2ccccc2-c2ccccc21)C(=O)Nc1snc(C)c1C(=O)O. The van der Waals surface area contributed by atoms with Crippen molar-refractivity contribution in [2.24, 2.45) is 5.41 Å². The van der Waals surface area contributed by atoms with Crippen LogP contribution in [-0.4, -0.2) is 40.6 Å². The first-order valence-electron chi connectivity index (χ1n) is 11.3. The van der Waals surface area contributed by atoms with Crippen LogP contribution in [0.4, 0.5) is 9.80 Å². The highest BCUT2D eigenvalue weighted by atomic mass is 32.1. The lowest BCUT2D eigenvalue weighted by molar-refractivity contribution is -0.124. The highest BCUT2D eigenvalue weighted by Crippen LogP contribution is 2.44. The fourth-order valence-corrected chi connectivity index (χ4v) is 5.03. The van der Waals surface area contributed by atoms with Gasteiger partial charge in [0.15, 0.2) is 0 Å². The summed E-state index contributed by atoms with van der Waals surface area (Å²) >= 11 is 0.920. The molecule has 0 radical (unpaired) electrons. The monoisotopic (exact) mass is 493 g/mol. The third-order valence-corrected chi connectivity index (χ3v) is 7.45. The van der Waals surface area contributed by atoms with Gasteiger partial charge in [-0.3, -0.25) is 4.79 Å². The molecule has 0 aliphatic heterocycles. The molecule has 3 aromatic rings. The van der Waals surface area contributed by atoms with Gasteiger partial charge in [0.25, 0.3) is 0 Å². The van der Waals surface area contributed by atoms with Crippen LogP contribution >= 0.6 is 11.5 Å². The number of amides is 2. The molecule has 1 unspecified atom stereocenters. The van der Waals surface area contributed by atoms with Crippen molar-refractivity contribution in [3.63, 3.8) is 0 Å². The number of anilines is 1. The van der Waals surface area contributed by atoms with Gasteiger partial charge in [-0.1, -0.05) is 55.5 Å². The molecule has 182 valence electrons. The first-order chi connectivity index (χ1) is 16.7. The van der Waals surface area contributed by atoms with Gasteiger partial charge in [-0.05, 0) is 54.1 Å². The van der Waals surface area contributed by atoms with Crippen LogP contribution < -0.4 is 10.6 Å². The molecule has 0 saturated heterocycles. The number of benzene rings is 2. The standard InChI is InChI=1S/C26H27N3O5S/c1-4-26(3,24(32)28-22-21(23(30)31)15(2)29-35-22)14-27-25(33)34-13-20-18-11-7-5-9-16(18)17-10-6-8-12-19(17)20/h5-12,20H,4,13-14H2,1-3H3,(H,27,33)(H,28,32)(H,30,31). The molecule has 1 aromatic heterocycles. The number of fused-ring (bicyclic) bond motifs is 3. The second-order valence-electron chi connectivity index (χ2n) is 8.82. The van der Waals surface area contributed by atoms with E-state index in [1.165, 1.54) is 0 Å². The Bertz CT molecular complexity index is 1240. The number of alkyl carbamates (subject to hydrolysis) is 1. The summed E-state index contributed by atoms with van der Waals surface area (Å²) in [6, 6.07) is 16.2. The van der Waals surface area contributed by atoms with Crippen LogP contribution in [0.25, 0.3) is 11.1 Å². The third kappa shape index (κ3) is 4.77. The number of carbonyl (C=O) groups excluding carboxylic acids is 2. The zero-order chi connectivity index (χ0) is 25.2. The van der Waals surface area contributed by atoms with Crippen LogP contribution in [0.2, 0.25) is 0 Å². The van der Waals surface area contributed by atoms with Crippen molar-refractivity contribution in [2.45, 2.75) is 33.1 Å². The Morgan fingerprint density at radius 2 is 1.69 bits per heavy atom. The van der Waals surface area contributed by atoms with Gasteiger partial charge in [-0.2, -0.15) is 4.37 Å². The molecule has 1 heterocycles. The number of hydrogen-bond acceptors (Lipinski definition) is 6. The number of aryl methyl sites for hydroxylation is 1. The molecule has 0 fully saturated rings. The van der Waals surface area contributed by atoms with E-state index in [0.717, 1.165) is 33.8 Å². The fourth-order valence-electron chi connectivity index (χ4n) is 4.24. The molecular formula is C26H27N3O5S. The predicted molar refractivity (Wildman–Crippen MR) is 134 cm³/mol. The largest absolute Gasteiger partial charge is 0.478 e. The van der Waals surface area contributed by atoms with Crippen molar-refractivity contribution < 1.29 is 24.2 Å². The van der Waals surface area contributed by atoms with E-state index in [4.69, 9.17) is 4.74 Å². The summed E-state index contributed by atoms with van der Waals surface area (Å²) in [6.07, 6.45) is -0.193. The molecule has 0 saturated carbocycles. The van der Waals surface area contributed by atoms with Crippen LogP contribution in [0.5, 0.6) is 0 Å². The predicted octanol–water partition coefficient (Wildman–Crippen LogP) is 5.04. The van der Waals surface area contributed by atoms with Gasteiger partial charge < -0.3 is 20.5 Å². The number of carboxylic acid groups (broad SMARTS) is 1. The van der Waals surface area contributed by atoms with Crippen molar-refractivity contribution in [3.8, 4) is 11.1 Å². The number of nitrogens with one attached hydrogen (secondary N) is 2. The Kier molecular flexibility index (Phi) is 6.88. The van der Waals surface area contributed by atoms with Crippen molar-refractivity contribution in [2.75, 3.05) is 18.5 Å². The van der Waals surface area contributed by atoms with E-state index >= 15 is 0 Å². The highest BCUT2D eigenvalue weighted by molar-refractivity contribution is 7.11. The zero-order valence-electron chi connectivity index (χ0n) is 19.8. The Morgan fingerprint density at radius 1 is 1.09 bits per heavy atom. The number of aromatic carboxylic acids is 1. The van der Waals surface area contributed by atoms with Crippen molar-refractivity contribution >= 4 is 34.5 Å². The molecule has 8 nitrogen and oxygen atoms in total. The number of ether oxygens (including phenoxy) is 1. The van der Waals surface area contributed by atoms with Gasteiger partial charge in [0.1, 0.15) is 17.2 Å². The molecule has 9 heteroatoms. The molecule has 1 aliphatic rings. The van der Waals surface area contributed by atoms with Crippen LogP contribution in [0, 0.1) is 12.3 Å². The molecule has 3 N–H and O–H groups in total. The maximum Gasteiger partial charge on any atom is 0.407 e. The molecule has 2 aromatic carbocycles. The van der Waals surface area contributed by atoms with Gasteiger partial charge in [0.05, 0.1) is 11.1 Å². The third-order valence-electron chi connectivity index (χ3n) is 6.60. The highest BCUT2D eigenvalue weighted by Gasteiger charge is 2.34. The van der Waals surface area contributed by atoms with Gasteiger partial charge >= 0.3 is 12.1 Å². The Labute approximate surface area is 207 Å². The van der Waals surface area contributed by atoms with Crippen molar-refractivity contribution in [3.05, 3.63) is 70.9 Å².